The highest BCUT2D eigenvalue weighted by molar-refractivity contribution is 6.87. The first kappa shape index (κ1) is 27.3. The van der Waals surface area contributed by atoms with Gasteiger partial charge in [0.05, 0.1) is 11.3 Å². The van der Waals surface area contributed by atoms with Crippen LogP contribution in [-0.2, 0) is 8.54 Å². The van der Waals surface area contributed by atoms with Crippen molar-refractivity contribution in [2.24, 2.45) is 11.5 Å². The highest BCUT2D eigenvalue weighted by atomic mass is 28.4. The average Bonchev–Trinajstić information content (AvgIpc) is 2.48. The maximum atomic E-state index is 13.6. The Hall–Kier alpha value is 0.281. The van der Waals surface area contributed by atoms with E-state index in [0.29, 0.717) is 19.5 Å². The molecule has 0 spiro atoms. The van der Waals surface area contributed by atoms with E-state index < -0.39 is 42.4 Å². The molecule has 0 aromatic heterocycles. The Balaban J connectivity index is 5.84. The lowest BCUT2D eigenvalue weighted by molar-refractivity contribution is -0.114. The van der Waals surface area contributed by atoms with Gasteiger partial charge in [0, 0.05) is 0 Å². The van der Waals surface area contributed by atoms with Crippen molar-refractivity contribution in [2.75, 3.05) is 13.1 Å². The Labute approximate surface area is 166 Å². The summed E-state index contributed by atoms with van der Waals surface area (Å²) in [5, 5.41) is -0.889. The molecule has 27 heavy (non-hydrogen) atoms. The molecule has 0 heterocycles. The van der Waals surface area contributed by atoms with E-state index in [0.717, 1.165) is 24.9 Å². The van der Waals surface area contributed by atoms with Crippen LogP contribution in [0.25, 0.3) is 0 Å². The van der Waals surface area contributed by atoms with Crippen LogP contribution in [0.15, 0.2) is 0 Å². The van der Waals surface area contributed by atoms with Gasteiger partial charge in [-0.15, -0.1) is 0 Å². The Bertz CT molecular complexity index is 454. The zero-order valence-electron chi connectivity index (χ0n) is 18.3. The number of hydrogen-bond donors (Lipinski definition) is 2. The molecule has 0 aromatic rings. The van der Waals surface area contributed by atoms with E-state index >= 15 is 0 Å². The van der Waals surface area contributed by atoms with Crippen LogP contribution < -0.4 is 11.5 Å². The second kappa shape index (κ2) is 10.4. The molecule has 0 amide bonds. The van der Waals surface area contributed by atoms with Gasteiger partial charge in [-0.2, -0.15) is 13.2 Å². The SMILES string of the molecule is CCC(C)(O[Si](C)(C)CCCN)[Si](C)(CC(F)(F)F)O[Si](C)(C)CCCN. The zero-order valence-corrected chi connectivity index (χ0v) is 21.3. The number of halogens is 3. The third kappa shape index (κ3) is 9.55. The van der Waals surface area contributed by atoms with E-state index in [-0.39, 0.29) is 0 Å². The Morgan fingerprint density at radius 3 is 1.67 bits per heavy atom. The van der Waals surface area contributed by atoms with Crippen LogP contribution in [0.4, 0.5) is 13.2 Å². The first-order valence-electron chi connectivity index (χ1n) is 9.92. The average molecular weight is 447 g/mol. The molecule has 4 nitrogen and oxygen atoms in total. The summed E-state index contributed by atoms with van der Waals surface area (Å²) in [6, 6.07) is 0.714. The summed E-state index contributed by atoms with van der Waals surface area (Å²) in [5.41, 5.74) is 11.2. The number of nitrogens with two attached hydrogens (primary N) is 2. The fraction of sp³-hybridized carbons (Fsp3) is 1.00. The minimum Gasteiger partial charge on any atom is -0.453 e. The fourth-order valence-corrected chi connectivity index (χ4v) is 17.2. The zero-order chi connectivity index (χ0) is 21.6. The van der Waals surface area contributed by atoms with Gasteiger partial charge >= 0.3 is 6.18 Å². The largest absolute Gasteiger partial charge is 0.453 e. The molecule has 2 unspecified atom stereocenters. The molecule has 0 aromatic carbocycles. The van der Waals surface area contributed by atoms with Crippen molar-refractivity contribution < 1.29 is 21.7 Å². The second-order valence-corrected chi connectivity index (χ2v) is 22.0. The molecule has 0 saturated carbocycles. The molecule has 4 N–H and O–H groups in total. The van der Waals surface area contributed by atoms with Crippen molar-refractivity contribution in [1.82, 2.24) is 0 Å². The third-order valence-electron chi connectivity index (χ3n) is 5.30. The van der Waals surface area contributed by atoms with Gasteiger partial charge in [-0.3, -0.25) is 0 Å². The van der Waals surface area contributed by atoms with Gasteiger partial charge in [0.15, 0.2) is 16.6 Å². The van der Waals surface area contributed by atoms with E-state index in [4.69, 9.17) is 20.0 Å². The summed E-state index contributed by atoms with van der Waals surface area (Å²) in [6.07, 6.45) is -2.17. The second-order valence-electron chi connectivity index (χ2n) is 9.12. The Morgan fingerprint density at radius 1 is 0.852 bits per heavy atom. The summed E-state index contributed by atoms with van der Waals surface area (Å²) in [7, 11) is -7.75. The van der Waals surface area contributed by atoms with Crippen LogP contribution in [0.1, 0.15) is 33.1 Å². The summed E-state index contributed by atoms with van der Waals surface area (Å²) in [5.74, 6) is 0. The normalized spacial score (nSPS) is 18.2. The number of rotatable bonds is 13. The lowest BCUT2D eigenvalue weighted by Crippen LogP contribution is -2.66. The maximum Gasteiger partial charge on any atom is 0.389 e. The molecule has 0 aliphatic carbocycles. The minimum absolute atomic E-state index is 0.506. The van der Waals surface area contributed by atoms with Gasteiger partial charge in [-0.25, -0.2) is 0 Å². The highest BCUT2D eigenvalue weighted by Crippen LogP contribution is 2.42. The predicted octanol–water partition coefficient (Wildman–Crippen LogP) is 4.97. The van der Waals surface area contributed by atoms with Crippen LogP contribution in [0.5, 0.6) is 0 Å². The molecule has 0 aliphatic rings. The molecule has 164 valence electrons. The Morgan fingerprint density at radius 2 is 1.30 bits per heavy atom. The van der Waals surface area contributed by atoms with E-state index in [1.165, 1.54) is 0 Å². The van der Waals surface area contributed by atoms with Gasteiger partial charge in [0.25, 0.3) is 0 Å². The van der Waals surface area contributed by atoms with Gasteiger partial charge in [-0.05, 0) is 84.1 Å². The quantitative estimate of drug-likeness (QED) is 0.392. The van der Waals surface area contributed by atoms with Crippen molar-refractivity contribution in [1.29, 1.82) is 0 Å². The highest BCUT2D eigenvalue weighted by Gasteiger charge is 2.57. The van der Waals surface area contributed by atoms with Gasteiger partial charge in [-0.1, -0.05) is 6.92 Å². The monoisotopic (exact) mass is 446 g/mol. The lowest BCUT2D eigenvalue weighted by Gasteiger charge is -2.51. The molecule has 0 saturated heterocycles. The summed E-state index contributed by atoms with van der Waals surface area (Å²) in [6.45, 7) is 14.7. The molecular weight excluding hydrogens is 405 g/mol. The van der Waals surface area contributed by atoms with Gasteiger partial charge in [0.1, 0.15) is 0 Å². The van der Waals surface area contributed by atoms with Gasteiger partial charge < -0.3 is 20.0 Å². The molecule has 0 radical (unpaired) electrons. The minimum atomic E-state index is -4.28. The van der Waals surface area contributed by atoms with E-state index in [1.807, 2.05) is 26.9 Å². The van der Waals surface area contributed by atoms with E-state index in [2.05, 4.69) is 13.1 Å². The maximum absolute atomic E-state index is 13.6. The Kier molecular flexibility index (Phi) is 10.5. The fourth-order valence-electron chi connectivity index (χ4n) is 3.64. The summed E-state index contributed by atoms with van der Waals surface area (Å²) >= 11 is 0. The molecule has 0 rings (SSSR count). The molecule has 0 aliphatic heterocycles. The van der Waals surface area contributed by atoms with Crippen molar-refractivity contribution in [3.8, 4) is 0 Å². The smallest absolute Gasteiger partial charge is 0.389 e. The summed E-state index contributed by atoms with van der Waals surface area (Å²) < 4.78 is 53.7. The molecular formula is C17H41F3N2O2Si3. The van der Waals surface area contributed by atoms with Crippen molar-refractivity contribution in [3.63, 3.8) is 0 Å². The molecule has 2 atom stereocenters. The third-order valence-corrected chi connectivity index (χ3v) is 17.4. The first-order chi connectivity index (χ1) is 12.1. The van der Waals surface area contributed by atoms with E-state index in [1.54, 1.807) is 6.55 Å². The van der Waals surface area contributed by atoms with E-state index in [9.17, 15) is 13.2 Å². The topological polar surface area (TPSA) is 70.5 Å². The van der Waals surface area contributed by atoms with Crippen LogP contribution in [0.2, 0.25) is 50.9 Å². The summed E-state index contributed by atoms with van der Waals surface area (Å²) in [4.78, 5) is 0. The van der Waals surface area contributed by atoms with Crippen LogP contribution in [-0.4, -0.2) is 49.4 Å². The van der Waals surface area contributed by atoms with Crippen molar-refractivity contribution >= 4 is 25.0 Å². The van der Waals surface area contributed by atoms with Crippen LogP contribution >= 0.6 is 0 Å². The van der Waals surface area contributed by atoms with Crippen molar-refractivity contribution in [2.45, 2.75) is 95.4 Å². The molecule has 0 fully saturated rings. The van der Waals surface area contributed by atoms with Crippen LogP contribution in [0.3, 0.4) is 0 Å². The lowest BCUT2D eigenvalue weighted by atomic mass is 10.3. The van der Waals surface area contributed by atoms with Crippen molar-refractivity contribution in [3.05, 3.63) is 0 Å². The molecule has 0 bridgehead atoms. The van der Waals surface area contributed by atoms with Gasteiger partial charge in [0.2, 0.25) is 8.32 Å². The standard InChI is InChI=1S/C17H41F3N2O2Si3/c1-8-16(2,23-25(3,4)13-9-11-21)27(7,15-17(18,19)20)24-26(5,6)14-10-12-22/h8-15,21-22H2,1-7H3. The predicted molar refractivity (Wildman–Crippen MR) is 115 cm³/mol. The van der Waals surface area contributed by atoms with Crippen LogP contribution in [0, 0.1) is 0 Å². The number of hydrogen-bond acceptors (Lipinski definition) is 4. The molecule has 10 heteroatoms. The first-order valence-corrected chi connectivity index (χ1v) is 18.8. The number of alkyl halides is 3.